The van der Waals surface area contributed by atoms with Gasteiger partial charge in [0.2, 0.25) is 0 Å². The number of rotatable bonds is 3. The summed E-state index contributed by atoms with van der Waals surface area (Å²) < 4.78 is 19.9. The third kappa shape index (κ3) is 2.59. The number of alkyl carbamates (subject to hydrolysis) is 1. The van der Waals surface area contributed by atoms with E-state index in [9.17, 15) is 9.18 Å². The maximum absolute atomic E-state index is 14.6. The normalized spacial score (nSPS) is 38.8. The minimum Gasteiger partial charge on any atom is -0.445 e. The van der Waals surface area contributed by atoms with Crippen molar-refractivity contribution in [1.82, 2.24) is 5.32 Å². The van der Waals surface area contributed by atoms with Crippen LogP contribution in [0, 0.1) is 17.8 Å². The summed E-state index contributed by atoms with van der Waals surface area (Å²) in [4.78, 5) is 12.1. The van der Waals surface area contributed by atoms with Gasteiger partial charge in [0.1, 0.15) is 12.3 Å². The SMILES string of the molecule is O=C(N[C@H]1[C@@H]2CC3C[C@H]1C[C@@](F)(C3)C2)OCc1ccccc1. The molecule has 3 nitrogen and oxygen atoms in total. The van der Waals surface area contributed by atoms with Gasteiger partial charge in [-0.1, -0.05) is 30.3 Å². The molecular formula is C18H22FNO2. The topological polar surface area (TPSA) is 38.3 Å². The third-order valence-corrected chi connectivity index (χ3v) is 5.70. The monoisotopic (exact) mass is 303 g/mol. The minimum absolute atomic E-state index is 0.101. The summed E-state index contributed by atoms with van der Waals surface area (Å²) in [5, 5.41) is 3.02. The van der Waals surface area contributed by atoms with Crippen molar-refractivity contribution in [3.63, 3.8) is 0 Å². The molecule has 5 rings (SSSR count). The molecule has 0 saturated heterocycles. The van der Waals surface area contributed by atoms with E-state index in [2.05, 4.69) is 5.32 Å². The molecule has 22 heavy (non-hydrogen) atoms. The average Bonchev–Trinajstić information content (AvgIpc) is 2.48. The second-order valence-electron chi connectivity index (χ2n) is 7.35. The number of benzene rings is 1. The second-order valence-corrected chi connectivity index (χ2v) is 7.35. The summed E-state index contributed by atoms with van der Waals surface area (Å²) in [7, 11) is 0. The zero-order valence-electron chi connectivity index (χ0n) is 12.6. The van der Waals surface area contributed by atoms with Crippen LogP contribution in [0.1, 0.15) is 37.7 Å². The number of nitrogens with one attached hydrogen (secondary N) is 1. The Kier molecular flexibility index (Phi) is 3.35. The molecule has 4 aliphatic rings. The van der Waals surface area contributed by atoms with Crippen molar-refractivity contribution in [2.75, 3.05) is 0 Å². The first-order valence-corrected chi connectivity index (χ1v) is 8.27. The Bertz CT molecular complexity index is 545. The molecule has 1 aromatic carbocycles. The van der Waals surface area contributed by atoms with Gasteiger partial charge >= 0.3 is 6.09 Å². The molecule has 1 unspecified atom stereocenters. The highest BCUT2D eigenvalue weighted by Crippen LogP contribution is 2.57. The predicted molar refractivity (Wildman–Crippen MR) is 80.9 cm³/mol. The lowest BCUT2D eigenvalue weighted by molar-refractivity contribution is -0.0917. The Labute approximate surface area is 130 Å². The Morgan fingerprint density at radius 2 is 1.86 bits per heavy atom. The highest BCUT2D eigenvalue weighted by atomic mass is 19.1. The van der Waals surface area contributed by atoms with Crippen molar-refractivity contribution in [2.24, 2.45) is 17.8 Å². The number of halogens is 1. The molecule has 4 bridgehead atoms. The number of alkyl halides is 1. The Hall–Kier alpha value is -1.58. The predicted octanol–water partition coefficient (Wildman–Crippen LogP) is 3.83. The number of hydrogen-bond acceptors (Lipinski definition) is 2. The van der Waals surface area contributed by atoms with E-state index < -0.39 is 5.67 Å². The molecule has 0 heterocycles. The summed E-state index contributed by atoms with van der Waals surface area (Å²) in [6.07, 6.45) is 3.73. The molecule has 5 atom stereocenters. The van der Waals surface area contributed by atoms with Gasteiger partial charge in [-0.2, -0.15) is 0 Å². The van der Waals surface area contributed by atoms with Crippen LogP contribution in [0.25, 0.3) is 0 Å². The standard InChI is InChI=1S/C18H22FNO2/c19-18-8-13-6-14(9-18)16(15(7-13)10-18)20-17(21)22-11-12-4-2-1-3-5-12/h1-5,13-16H,6-11H2,(H,20,21)/t13?,14-,15+,16+,18-. The van der Waals surface area contributed by atoms with Crippen LogP contribution in [0.3, 0.4) is 0 Å². The third-order valence-electron chi connectivity index (χ3n) is 5.70. The Morgan fingerprint density at radius 1 is 1.18 bits per heavy atom. The molecule has 0 spiro atoms. The van der Waals surface area contributed by atoms with Crippen molar-refractivity contribution < 1.29 is 13.9 Å². The first kappa shape index (κ1) is 14.0. The fraction of sp³-hybridized carbons (Fsp3) is 0.611. The van der Waals surface area contributed by atoms with E-state index in [4.69, 9.17) is 4.74 Å². The molecule has 1 amide bonds. The van der Waals surface area contributed by atoms with Crippen LogP contribution >= 0.6 is 0 Å². The highest BCUT2D eigenvalue weighted by Gasteiger charge is 2.56. The van der Waals surface area contributed by atoms with Gasteiger partial charge in [-0.3, -0.25) is 0 Å². The molecular weight excluding hydrogens is 281 g/mol. The van der Waals surface area contributed by atoms with Crippen molar-refractivity contribution >= 4 is 6.09 Å². The number of hydrogen-bond donors (Lipinski definition) is 1. The largest absolute Gasteiger partial charge is 0.445 e. The van der Waals surface area contributed by atoms with Crippen molar-refractivity contribution in [2.45, 2.75) is 50.4 Å². The molecule has 0 radical (unpaired) electrons. The molecule has 1 N–H and O–H groups in total. The maximum atomic E-state index is 14.6. The summed E-state index contributed by atoms with van der Waals surface area (Å²) in [6, 6.07) is 9.75. The molecule has 4 saturated carbocycles. The highest BCUT2D eigenvalue weighted by molar-refractivity contribution is 5.67. The molecule has 118 valence electrons. The van der Waals surface area contributed by atoms with Crippen molar-refractivity contribution in [1.29, 1.82) is 0 Å². The quantitative estimate of drug-likeness (QED) is 0.921. The fourth-order valence-electron chi connectivity index (χ4n) is 5.06. The lowest BCUT2D eigenvalue weighted by Crippen LogP contribution is -2.60. The summed E-state index contributed by atoms with van der Waals surface area (Å²) >= 11 is 0. The van der Waals surface area contributed by atoms with E-state index in [0.29, 0.717) is 30.6 Å². The van der Waals surface area contributed by atoms with Crippen LogP contribution in [-0.2, 0) is 11.3 Å². The zero-order valence-corrected chi connectivity index (χ0v) is 12.6. The van der Waals surface area contributed by atoms with Gasteiger partial charge in [0.05, 0.1) is 0 Å². The first-order chi connectivity index (χ1) is 10.6. The molecule has 0 aromatic heterocycles. The zero-order chi connectivity index (χ0) is 15.2. The lowest BCUT2D eigenvalue weighted by Gasteiger charge is -2.56. The van der Waals surface area contributed by atoms with Gasteiger partial charge < -0.3 is 10.1 Å². The van der Waals surface area contributed by atoms with Gasteiger partial charge in [0.15, 0.2) is 0 Å². The van der Waals surface area contributed by atoms with Crippen molar-refractivity contribution in [3.05, 3.63) is 35.9 Å². The van der Waals surface area contributed by atoms with E-state index >= 15 is 0 Å². The van der Waals surface area contributed by atoms with Crippen LogP contribution in [0.15, 0.2) is 30.3 Å². The van der Waals surface area contributed by atoms with Crippen LogP contribution in [0.2, 0.25) is 0 Å². The smallest absolute Gasteiger partial charge is 0.407 e. The molecule has 4 fully saturated rings. The average molecular weight is 303 g/mol. The van der Waals surface area contributed by atoms with Gasteiger partial charge in [-0.25, -0.2) is 9.18 Å². The Balaban J connectivity index is 1.35. The number of carbonyl (C=O) groups is 1. The Morgan fingerprint density at radius 3 is 2.50 bits per heavy atom. The van der Waals surface area contributed by atoms with Crippen LogP contribution < -0.4 is 5.32 Å². The minimum atomic E-state index is -0.956. The van der Waals surface area contributed by atoms with Gasteiger partial charge in [0.25, 0.3) is 0 Å². The first-order valence-electron chi connectivity index (χ1n) is 8.27. The fourth-order valence-corrected chi connectivity index (χ4v) is 5.06. The van der Waals surface area contributed by atoms with Gasteiger partial charge in [-0.15, -0.1) is 0 Å². The molecule has 4 heteroatoms. The number of ether oxygens (including phenoxy) is 1. The second kappa shape index (κ2) is 5.25. The number of amides is 1. The van der Waals surface area contributed by atoms with Gasteiger partial charge in [0, 0.05) is 6.04 Å². The van der Waals surface area contributed by atoms with Crippen LogP contribution in [-0.4, -0.2) is 17.8 Å². The van der Waals surface area contributed by atoms with E-state index in [1.807, 2.05) is 30.3 Å². The summed E-state index contributed by atoms with van der Waals surface area (Å²) in [5.74, 6) is 1.11. The summed E-state index contributed by atoms with van der Waals surface area (Å²) in [5.41, 5.74) is 0.0215. The van der Waals surface area contributed by atoms with E-state index in [1.165, 1.54) is 0 Å². The van der Waals surface area contributed by atoms with E-state index in [1.54, 1.807) is 0 Å². The molecule has 4 aliphatic carbocycles. The van der Waals surface area contributed by atoms with Gasteiger partial charge in [-0.05, 0) is 55.4 Å². The number of carbonyl (C=O) groups excluding carboxylic acids is 1. The van der Waals surface area contributed by atoms with Crippen LogP contribution in [0.5, 0.6) is 0 Å². The van der Waals surface area contributed by atoms with Crippen molar-refractivity contribution in [3.8, 4) is 0 Å². The van der Waals surface area contributed by atoms with E-state index in [0.717, 1.165) is 24.8 Å². The van der Waals surface area contributed by atoms with Crippen LogP contribution in [0.4, 0.5) is 9.18 Å². The summed E-state index contributed by atoms with van der Waals surface area (Å²) in [6.45, 7) is 0.282. The van der Waals surface area contributed by atoms with E-state index in [-0.39, 0.29) is 18.7 Å². The maximum Gasteiger partial charge on any atom is 0.407 e. The molecule has 0 aliphatic heterocycles. The lowest BCUT2D eigenvalue weighted by atomic mass is 9.53. The molecule has 1 aromatic rings.